The molecule has 0 radical (unpaired) electrons. The van der Waals surface area contributed by atoms with Gasteiger partial charge in [0.25, 0.3) is 0 Å². The van der Waals surface area contributed by atoms with Crippen LogP contribution in [0.25, 0.3) is 0 Å². The number of halogens is 1. The molecule has 0 saturated heterocycles. The Labute approximate surface area is 82.3 Å². The standard InChI is InChI=1S/C11H13FO2/c1-7-5-8(11(13)3-4-11)6-9(14-2)10(7)12/h5-6,13H,3-4H2,1-2H3. The molecule has 1 fully saturated rings. The Morgan fingerprint density at radius 2 is 2.07 bits per heavy atom. The van der Waals surface area contributed by atoms with E-state index in [-0.39, 0.29) is 11.6 Å². The molecule has 0 unspecified atom stereocenters. The van der Waals surface area contributed by atoms with Crippen molar-refractivity contribution in [2.75, 3.05) is 7.11 Å². The van der Waals surface area contributed by atoms with Crippen LogP contribution in [0.4, 0.5) is 4.39 Å². The van der Waals surface area contributed by atoms with E-state index in [1.165, 1.54) is 7.11 Å². The molecule has 1 saturated carbocycles. The normalized spacial score (nSPS) is 18.0. The molecule has 76 valence electrons. The number of methoxy groups -OCH3 is 1. The second-order valence-corrected chi connectivity index (χ2v) is 3.84. The third-order valence-corrected chi connectivity index (χ3v) is 2.70. The summed E-state index contributed by atoms with van der Waals surface area (Å²) >= 11 is 0. The zero-order chi connectivity index (χ0) is 10.3. The maximum absolute atomic E-state index is 13.4. The van der Waals surface area contributed by atoms with E-state index in [0.29, 0.717) is 5.56 Å². The lowest BCUT2D eigenvalue weighted by Gasteiger charge is -2.12. The van der Waals surface area contributed by atoms with Crippen molar-refractivity contribution in [1.82, 2.24) is 0 Å². The predicted molar refractivity (Wildman–Crippen MR) is 50.8 cm³/mol. The molecule has 3 heteroatoms. The summed E-state index contributed by atoms with van der Waals surface area (Å²) in [6, 6.07) is 3.26. The van der Waals surface area contributed by atoms with Crippen molar-refractivity contribution in [3.05, 3.63) is 29.1 Å². The first kappa shape index (κ1) is 9.46. The van der Waals surface area contributed by atoms with E-state index in [1.807, 2.05) is 0 Å². The summed E-state index contributed by atoms with van der Waals surface area (Å²) in [6.07, 6.45) is 1.50. The summed E-state index contributed by atoms with van der Waals surface area (Å²) in [5.41, 5.74) is 0.541. The van der Waals surface area contributed by atoms with E-state index in [1.54, 1.807) is 19.1 Å². The van der Waals surface area contributed by atoms with E-state index in [4.69, 9.17) is 4.74 Å². The van der Waals surface area contributed by atoms with Crippen molar-refractivity contribution in [2.24, 2.45) is 0 Å². The number of aliphatic hydroxyl groups is 1. The first-order valence-electron chi connectivity index (χ1n) is 4.64. The number of hydrogen-bond acceptors (Lipinski definition) is 2. The molecule has 1 aliphatic carbocycles. The highest BCUT2D eigenvalue weighted by Gasteiger charge is 2.42. The van der Waals surface area contributed by atoms with Gasteiger partial charge in [0.15, 0.2) is 11.6 Å². The van der Waals surface area contributed by atoms with Crippen LogP contribution < -0.4 is 4.74 Å². The molecular weight excluding hydrogens is 183 g/mol. The van der Waals surface area contributed by atoms with Crippen LogP contribution in [0.15, 0.2) is 12.1 Å². The van der Waals surface area contributed by atoms with Gasteiger partial charge in [-0.3, -0.25) is 0 Å². The Balaban J connectivity index is 2.48. The third kappa shape index (κ3) is 1.38. The van der Waals surface area contributed by atoms with Gasteiger partial charge in [-0.2, -0.15) is 0 Å². The highest BCUT2D eigenvalue weighted by molar-refractivity contribution is 5.40. The van der Waals surface area contributed by atoms with Crippen LogP contribution >= 0.6 is 0 Å². The Morgan fingerprint density at radius 1 is 1.43 bits per heavy atom. The number of hydrogen-bond donors (Lipinski definition) is 1. The van der Waals surface area contributed by atoms with E-state index in [9.17, 15) is 9.50 Å². The van der Waals surface area contributed by atoms with Gasteiger partial charge in [0, 0.05) is 0 Å². The molecule has 0 amide bonds. The third-order valence-electron chi connectivity index (χ3n) is 2.70. The molecule has 0 aliphatic heterocycles. The lowest BCUT2D eigenvalue weighted by molar-refractivity contribution is 0.151. The molecule has 2 nitrogen and oxygen atoms in total. The molecule has 14 heavy (non-hydrogen) atoms. The topological polar surface area (TPSA) is 29.5 Å². The monoisotopic (exact) mass is 196 g/mol. The zero-order valence-electron chi connectivity index (χ0n) is 8.30. The smallest absolute Gasteiger partial charge is 0.167 e. The van der Waals surface area contributed by atoms with Gasteiger partial charge >= 0.3 is 0 Å². The van der Waals surface area contributed by atoms with Gasteiger partial charge in [0.05, 0.1) is 12.7 Å². The molecule has 1 aromatic carbocycles. The minimum Gasteiger partial charge on any atom is -0.494 e. The maximum atomic E-state index is 13.4. The lowest BCUT2D eigenvalue weighted by atomic mass is 10.0. The molecular formula is C11H13FO2. The van der Waals surface area contributed by atoms with Gasteiger partial charge in [-0.05, 0) is 37.0 Å². The highest BCUT2D eigenvalue weighted by Crippen LogP contribution is 2.46. The largest absolute Gasteiger partial charge is 0.494 e. The molecule has 0 aromatic heterocycles. The molecule has 1 N–H and O–H groups in total. The number of rotatable bonds is 2. The van der Waals surface area contributed by atoms with Crippen LogP contribution in [0.2, 0.25) is 0 Å². The van der Waals surface area contributed by atoms with Gasteiger partial charge in [-0.15, -0.1) is 0 Å². The fourth-order valence-electron chi connectivity index (χ4n) is 1.56. The quantitative estimate of drug-likeness (QED) is 0.785. The molecule has 2 rings (SSSR count). The summed E-state index contributed by atoms with van der Waals surface area (Å²) in [4.78, 5) is 0. The van der Waals surface area contributed by atoms with Gasteiger partial charge in [-0.1, -0.05) is 6.07 Å². The molecule has 0 heterocycles. The number of benzene rings is 1. The van der Waals surface area contributed by atoms with Crippen LogP contribution in [-0.2, 0) is 5.60 Å². The van der Waals surface area contributed by atoms with Crippen molar-refractivity contribution < 1.29 is 14.2 Å². The summed E-state index contributed by atoms with van der Waals surface area (Å²) in [5, 5.41) is 9.86. The molecule has 0 spiro atoms. The average Bonchev–Trinajstić information content (AvgIpc) is 2.89. The molecule has 1 aromatic rings. The molecule has 0 atom stereocenters. The van der Waals surface area contributed by atoms with Crippen molar-refractivity contribution in [3.8, 4) is 5.75 Å². The fraction of sp³-hybridized carbons (Fsp3) is 0.455. The highest BCUT2D eigenvalue weighted by atomic mass is 19.1. The van der Waals surface area contributed by atoms with Gasteiger partial charge < -0.3 is 9.84 Å². The fourth-order valence-corrected chi connectivity index (χ4v) is 1.56. The van der Waals surface area contributed by atoms with Crippen LogP contribution in [-0.4, -0.2) is 12.2 Å². The Morgan fingerprint density at radius 3 is 2.57 bits per heavy atom. The van der Waals surface area contributed by atoms with E-state index in [2.05, 4.69) is 0 Å². The number of ether oxygens (including phenoxy) is 1. The minimum absolute atomic E-state index is 0.209. The van der Waals surface area contributed by atoms with Gasteiger partial charge in [-0.25, -0.2) is 4.39 Å². The van der Waals surface area contributed by atoms with Gasteiger partial charge in [0.2, 0.25) is 0 Å². The lowest BCUT2D eigenvalue weighted by Crippen LogP contribution is -2.06. The summed E-state index contributed by atoms with van der Waals surface area (Å²) in [5.74, 6) is -0.138. The minimum atomic E-state index is -0.730. The Hall–Kier alpha value is -1.09. The van der Waals surface area contributed by atoms with Crippen LogP contribution in [0.5, 0.6) is 5.75 Å². The Kier molecular flexibility index (Phi) is 2.00. The first-order chi connectivity index (χ1) is 6.57. The van der Waals surface area contributed by atoms with Crippen molar-refractivity contribution in [1.29, 1.82) is 0 Å². The van der Waals surface area contributed by atoms with Crippen molar-refractivity contribution in [3.63, 3.8) is 0 Å². The van der Waals surface area contributed by atoms with E-state index in [0.717, 1.165) is 18.4 Å². The summed E-state index contributed by atoms with van der Waals surface area (Å²) in [6.45, 7) is 1.67. The second-order valence-electron chi connectivity index (χ2n) is 3.84. The van der Waals surface area contributed by atoms with Crippen LogP contribution in [0.1, 0.15) is 24.0 Å². The predicted octanol–water partition coefficient (Wildman–Crippen LogP) is 2.12. The first-order valence-corrected chi connectivity index (χ1v) is 4.64. The van der Waals surface area contributed by atoms with Gasteiger partial charge in [0.1, 0.15) is 0 Å². The Bertz CT molecular complexity index is 370. The zero-order valence-corrected chi connectivity index (χ0v) is 8.30. The molecule has 1 aliphatic rings. The maximum Gasteiger partial charge on any atom is 0.167 e. The second kappa shape index (κ2) is 2.95. The van der Waals surface area contributed by atoms with E-state index < -0.39 is 5.60 Å². The van der Waals surface area contributed by atoms with Crippen molar-refractivity contribution >= 4 is 0 Å². The summed E-state index contributed by atoms with van der Waals surface area (Å²) < 4.78 is 18.3. The molecule has 0 bridgehead atoms. The van der Waals surface area contributed by atoms with Crippen LogP contribution in [0, 0.1) is 12.7 Å². The number of aryl methyl sites for hydroxylation is 1. The SMILES string of the molecule is COc1cc(C2(O)CC2)cc(C)c1F. The average molecular weight is 196 g/mol. The summed E-state index contributed by atoms with van der Waals surface area (Å²) in [7, 11) is 1.43. The van der Waals surface area contributed by atoms with Crippen LogP contribution in [0.3, 0.4) is 0 Å². The van der Waals surface area contributed by atoms with Crippen molar-refractivity contribution in [2.45, 2.75) is 25.4 Å². The van der Waals surface area contributed by atoms with E-state index >= 15 is 0 Å².